The van der Waals surface area contributed by atoms with Crippen LogP contribution in [-0.2, 0) is 19.8 Å². The Morgan fingerprint density at radius 3 is 2.35 bits per heavy atom. The predicted octanol–water partition coefficient (Wildman–Crippen LogP) is 6.39. The molecule has 1 spiro atoms. The maximum atomic E-state index is 15.0. The van der Waals surface area contributed by atoms with Gasteiger partial charge < -0.3 is 26.0 Å². The molecule has 14 heteroatoms. The quantitative estimate of drug-likeness (QED) is 0.172. The zero-order chi connectivity index (χ0) is 34.6. The van der Waals surface area contributed by atoms with Crippen LogP contribution in [0.25, 0.3) is 0 Å². The summed E-state index contributed by atoms with van der Waals surface area (Å²) in [6.45, 7) is 6.02. The molecule has 2 aromatic carbocycles. The molecular weight excluding hydrogens is 655 g/mol. The average Bonchev–Trinajstić information content (AvgIpc) is 3.42. The van der Waals surface area contributed by atoms with Gasteiger partial charge in [-0.25, -0.2) is 9.18 Å². The lowest BCUT2D eigenvalue weighted by Gasteiger charge is -2.38. The zero-order valence-corrected chi connectivity index (χ0v) is 27.1. The number of hydrogen-bond acceptors (Lipinski definition) is 6. The van der Waals surface area contributed by atoms with Gasteiger partial charge in [-0.2, -0.15) is 13.2 Å². The number of Topliss-reactive ketones (excluding diaryl/α,β-unsaturated/α-hetero) is 1. The lowest BCUT2D eigenvalue weighted by molar-refractivity contribution is -0.192. The summed E-state index contributed by atoms with van der Waals surface area (Å²) in [4.78, 5) is 36.9. The molecule has 1 fully saturated rings. The van der Waals surface area contributed by atoms with Gasteiger partial charge in [-0.3, -0.25) is 9.59 Å². The van der Waals surface area contributed by atoms with Crippen LogP contribution in [0.15, 0.2) is 36.4 Å². The van der Waals surface area contributed by atoms with E-state index in [1.165, 1.54) is 12.1 Å². The molecule has 4 rings (SSSR count). The Kier molecular flexibility index (Phi) is 12.3. The van der Waals surface area contributed by atoms with Crippen molar-refractivity contribution in [3.8, 4) is 0 Å². The smallest absolute Gasteiger partial charge is 0.475 e. The number of hydrogen-bond donors (Lipinski definition) is 5. The fourth-order valence-electron chi connectivity index (χ4n) is 6.66. The number of benzene rings is 2. The van der Waals surface area contributed by atoms with Crippen LogP contribution in [0.5, 0.6) is 0 Å². The number of alkyl halides is 3. The highest BCUT2D eigenvalue weighted by Gasteiger charge is 2.65. The van der Waals surface area contributed by atoms with Gasteiger partial charge in [0.25, 0.3) is 0 Å². The van der Waals surface area contributed by atoms with E-state index in [0.29, 0.717) is 34.7 Å². The third-order valence-corrected chi connectivity index (χ3v) is 9.06. The van der Waals surface area contributed by atoms with Crippen molar-refractivity contribution in [2.75, 3.05) is 11.9 Å². The topological polar surface area (TPSA) is 136 Å². The molecule has 46 heavy (non-hydrogen) atoms. The molecule has 1 saturated heterocycles. The van der Waals surface area contributed by atoms with Crippen LogP contribution in [0.3, 0.4) is 0 Å². The number of halogens is 6. The number of aliphatic carboxylic acids is 1. The second-order valence-corrected chi connectivity index (χ2v) is 13.3. The molecule has 0 bridgehead atoms. The fraction of sp³-hybridized carbons (Fsp3) is 0.531. The summed E-state index contributed by atoms with van der Waals surface area (Å²) in [5, 5.41) is 33.0. The molecule has 8 nitrogen and oxygen atoms in total. The van der Waals surface area contributed by atoms with E-state index in [2.05, 4.69) is 31.4 Å². The van der Waals surface area contributed by atoms with Gasteiger partial charge in [-0.1, -0.05) is 62.5 Å². The second kappa shape index (κ2) is 15.0. The summed E-state index contributed by atoms with van der Waals surface area (Å²) in [6, 6.07) is 8.67. The first-order valence-electron chi connectivity index (χ1n) is 14.8. The van der Waals surface area contributed by atoms with Gasteiger partial charge in [0.1, 0.15) is 17.0 Å². The predicted molar refractivity (Wildman–Crippen MR) is 166 cm³/mol. The SMILES string of the molecule is CCCC(C)(C)C[C@H]1N[C@@H](C(=O)CCC[C@H](O)CO)[C@H](c2cccc(Cl)c2)[C@@]12C(=O)Nc1cc(Cl)c(F)cc12.O=C(O)C(F)(F)F. The highest BCUT2D eigenvalue weighted by Crippen LogP contribution is 2.57. The lowest BCUT2D eigenvalue weighted by atomic mass is 9.61. The molecule has 0 radical (unpaired) electrons. The number of amides is 1. The number of anilines is 1. The molecule has 0 aliphatic carbocycles. The third kappa shape index (κ3) is 8.20. The molecule has 0 saturated carbocycles. The Balaban J connectivity index is 0.000000738. The molecule has 0 aromatic heterocycles. The molecule has 2 heterocycles. The summed E-state index contributed by atoms with van der Waals surface area (Å²) in [7, 11) is 0. The van der Waals surface area contributed by atoms with Crippen LogP contribution < -0.4 is 10.6 Å². The Morgan fingerprint density at radius 2 is 1.78 bits per heavy atom. The Labute approximate surface area is 274 Å². The van der Waals surface area contributed by atoms with E-state index in [0.717, 1.165) is 12.8 Å². The number of carbonyl (C=O) groups excluding carboxylic acids is 2. The lowest BCUT2D eigenvalue weighted by Crippen LogP contribution is -2.50. The molecule has 2 aromatic rings. The fourth-order valence-corrected chi connectivity index (χ4v) is 7.03. The number of carboxylic acids is 1. The van der Waals surface area contributed by atoms with Crippen LogP contribution in [-0.4, -0.2) is 64.0 Å². The first-order chi connectivity index (χ1) is 21.4. The summed E-state index contributed by atoms with van der Waals surface area (Å²) in [5.74, 6) is -4.48. The van der Waals surface area contributed by atoms with Crippen molar-refractivity contribution >= 4 is 46.5 Å². The molecule has 2 aliphatic heterocycles. The van der Waals surface area contributed by atoms with Crippen molar-refractivity contribution in [1.29, 1.82) is 0 Å². The first kappa shape index (κ1) is 37.7. The number of nitrogens with one attached hydrogen (secondary N) is 2. The summed E-state index contributed by atoms with van der Waals surface area (Å²) >= 11 is 12.5. The van der Waals surface area contributed by atoms with Crippen LogP contribution in [0.2, 0.25) is 10.0 Å². The Morgan fingerprint density at radius 1 is 1.13 bits per heavy atom. The minimum absolute atomic E-state index is 0.0886. The number of carboxylic acid groups (broad SMARTS) is 1. The first-order valence-corrected chi connectivity index (χ1v) is 15.6. The molecule has 0 unspecified atom stereocenters. The van der Waals surface area contributed by atoms with Crippen molar-refractivity contribution in [2.24, 2.45) is 5.41 Å². The largest absolute Gasteiger partial charge is 0.490 e. The van der Waals surface area contributed by atoms with Crippen LogP contribution in [0.1, 0.15) is 76.3 Å². The van der Waals surface area contributed by atoms with Crippen LogP contribution in [0.4, 0.5) is 23.2 Å². The van der Waals surface area contributed by atoms with Crippen molar-refractivity contribution in [2.45, 2.75) is 95.0 Å². The minimum atomic E-state index is -5.08. The van der Waals surface area contributed by atoms with Gasteiger partial charge in [-0.05, 0) is 66.5 Å². The van der Waals surface area contributed by atoms with Crippen molar-refractivity contribution in [1.82, 2.24) is 5.32 Å². The molecule has 2 aliphatic rings. The van der Waals surface area contributed by atoms with Gasteiger partial charge in [0, 0.05) is 29.1 Å². The maximum Gasteiger partial charge on any atom is 0.490 e. The highest BCUT2D eigenvalue weighted by molar-refractivity contribution is 6.31. The van der Waals surface area contributed by atoms with Gasteiger partial charge in [-0.15, -0.1) is 0 Å². The Bertz CT molecular complexity index is 1440. The van der Waals surface area contributed by atoms with E-state index in [9.17, 15) is 33.0 Å². The third-order valence-electron chi connectivity index (χ3n) is 8.54. The van der Waals surface area contributed by atoms with E-state index in [1.54, 1.807) is 18.2 Å². The Hall–Kier alpha value is -2.77. The second-order valence-electron chi connectivity index (χ2n) is 12.5. The van der Waals surface area contributed by atoms with Gasteiger partial charge in [0.05, 0.1) is 23.8 Å². The molecule has 1 amide bonds. The standard InChI is InChI=1S/C30H37Cl2FN2O4.C2HF3O2/c1-4-11-29(2,3)15-25-30(20-13-22(33)21(32)14-23(20)34-28(30)39)26(17-7-5-8-18(31)12-17)27(35-25)24(38)10-6-9-19(37)16-36;3-2(4,5)1(6)7/h5,7-8,12-14,19,25-27,35-37H,4,6,9-11,15-16H2,1-3H3,(H,34,39);(H,6,7)/t19-,25+,26-,27-,30-;/m0./s1. The van der Waals surface area contributed by atoms with Gasteiger partial charge >= 0.3 is 12.1 Å². The van der Waals surface area contributed by atoms with Crippen molar-refractivity contribution in [3.05, 3.63) is 63.4 Å². The molecule has 5 N–H and O–H groups in total. The zero-order valence-electron chi connectivity index (χ0n) is 25.6. The van der Waals surface area contributed by atoms with Crippen molar-refractivity contribution in [3.63, 3.8) is 0 Å². The number of aliphatic hydroxyl groups excluding tert-OH is 2. The highest BCUT2D eigenvalue weighted by atomic mass is 35.5. The van der Waals surface area contributed by atoms with Crippen molar-refractivity contribution < 1.29 is 47.3 Å². The normalized spacial score (nSPS) is 23.0. The summed E-state index contributed by atoms with van der Waals surface area (Å²) in [5.41, 5.74) is 0.169. The minimum Gasteiger partial charge on any atom is -0.475 e. The van der Waals surface area contributed by atoms with E-state index in [1.807, 2.05) is 6.07 Å². The number of aliphatic hydroxyl groups is 2. The molecular formula is C32H38Cl2F4N2O6. The van der Waals surface area contributed by atoms with Gasteiger partial charge in [0.2, 0.25) is 5.91 Å². The summed E-state index contributed by atoms with van der Waals surface area (Å²) < 4.78 is 46.8. The monoisotopic (exact) mass is 692 g/mol. The van der Waals surface area contributed by atoms with E-state index in [4.69, 9.17) is 33.1 Å². The van der Waals surface area contributed by atoms with E-state index >= 15 is 4.39 Å². The van der Waals surface area contributed by atoms with Crippen LogP contribution >= 0.6 is 23.2 Å². The summed E-state index contributed by atoms with van der Waals surface area (Å²) in [6.07, 6.45) is -2.74. The average molecular weight is 694 g/mol. The number of fused-ring (bicyclic) bond motifs is 2. The van der Waals surface area contributed by atoms with E-state index in [-0.39, 0.29) is 41.6 Å². The number of rotatable bonds is 11. The number of ketones is 1. The maximum absolute atomic E-state index is 15.0. The van der Waals surface area contributed by atoms with Gasteiger partial charge in [0.15, 0.2) is 0 Å². The molecule has 5 atom stereocenters. The van der Waals surface area contributed by atoms with E-state index < -0.39 is 47.5 Å². The molecule has 254 valence electrons. The van der Waals surface area contributed by atoms with Crippen LogP contribution in [0, 0.1) is 11.2 Å². The number of carbonyl (C=O) groups is 3.